The Bertz CT molecular complexity index is 127. The third-order valence-corrected chi connectivity index (χ3v) is 1.21. The van der Waals surface area contributed by atoms with Gasteiger partial charge in [-0.1, -0.05) is 0 Å². The standard InChI is InChI=1S/C4H8N2O3/c1-4-2-5(3-9-4)6(7)8/h4H,2-3H2,1H3. The number of nitro groups is 1. The SMILES string of the molecule is CC1CN([N+](=O)[O-])CO1. The number of hydrogen-bond acceptors (Lipinski definition) is 3. The van der Waals surface area contributed by atoms with Crippen LogP contribution in [0.2, 0.25) is 0 Å². The van der Waals surface area contributed by atoms with E-state index in [0.717, 1.165) is 5.01 Å². The van der Waals surface area contributed by atoms with Crippen molar-refractivity contribution in [3.8, 4) is 0 Å². The van der Waals surface area contributed by atoms with Crippen LogP contribution in [0, 0.1) is 10.1 Å². The van der Waals surface area contributed by atoms with E-state index in [2.05, 4.69) is 0 Å². The molecule has 1 unspecified atom stereocenters. The van der Waals surface area contributed by atoms with E-state index in [1.165, 1.54) is 0 Å². The predicted octanol–water partition coefficient (Wildman–Crippen LogP) is -0.144. The van der Waals surface area contributed by atoms with E-state index in [1.54, 1.807) is 0 Å². The molecule has 1 aliphatic rings. The molecule has 0 aromatic rings. The van der Waals surface area contributed by atoms with E-state index in [9.17, 15) is 10.1 Å². The van der Waals surface area contributed by atoms with Crippen LogP contribution in [0.3, 0.4) is 0 Å². The topological polar surface area (TPSA) is 55.6 Å². The summed E-state index contributed by atoms with van der Waals surface area (Å²) >= 11 is 0. The first-order chi connectivity index (χ1) is 4.20. The van der Waals surface area contributed by atoms with Gasteiger partial charge in [-0.3, -0.25) is 0 Å². The Labute approximate surface area is 52.3 Å². The molecular weight excluding hydrogens is 124 g/mol. The lowest BCUT2D eigenvalue weighted by atomic mass is 10.4. The van der Waals surface area contributed by atoms with E-state index in [1.807, 2.05) is 6.92 Å². The minimum Gasteiger partial charge on any atom is -0.350 e. The summed E-state index contributed by atoms with van der Waals surface area (Å²) < 4.78 is 4.91. The summed E-state index contributed by atoms with van der Waals surface area (Å²) in [6.45, 7) is 2.32. The van der Waals surface area contributed by atoms with Crippen LogP contribution in [-0.4, -0.2) is 29.4 Å². The van der Waals surface area contributed by atoms with Crippen LogP contribution < -0.4 is 0 Å². The van der Waals surface area contributed by atoms with Crippen LogP contribution in [-0.2, 0) is 4.74 Å². The average Bonchev–Trinajstić information content (AvgIpc) is 2.14. The smallest absolute Gasteiger partial charge is 0.177 e. The largest absolute Gasteiger partial charge is 0.350 e. The van der Waals surface area contributed by atoms with Crippen LogP contribution >= 0.6 is 0 Å². The molecule has 9 heavy (non-hydrogen) atoms. The monoisotopic (exact) mass is 132 g/mol. The fraction of sp³-hybridized carbons (Fsp3) is 1.00. The Morgan fingerprint density at radius 3 is 2.78 bits per heavy atom. The van der Waals surface area contributed by atoms with Crippen LogP contribution in [0.15, 0.2) is 0 Å². The van der Waals surface area contributed by atoms with Crippen molar-refractivity contribution in [3.05, 3.63) is 10.1 Å². The third kappa shape index (κ3) is 1.29. The highest BCUT2D eigenvalue weighted by molar-refractivity contribution is 4.57. The molecule has 1 atom stereocenters. The molecule has 5 heteroatoms. The Kier molecular flexibility index (Phi) is 1.52. The molecule has 0 aliphatic carbocycles. The second-order valence-corrected chi connectivity index (χ2v) is 2.03. The van der Waals surface area contributed by atoms with Gasteiger partial charge in [-0.2, -0.15) is 0 Å². The van der Waals surface area contributed by atoms with E-state index >= 15 is 0 Å². The van der Waals surface area contributed by atoms with Gasteiger partial charge in [0.2, 0.25) is 0 Å². The summed E-state index contributed by atoms with van der Waals surface area (Å²) in [5.41, 5.74) is 0. The fourth-order valence-electron chi connectivity index (χ4n) is 0.729. The van der Waals surface area contributed by atoms with Crippen molar-refractivity contribution in [1.29, 1.82) is 0 Å². The zero-order chi connectivity index (χ0) is 6.85. The zero-order valence-corrected chi connectivity index (χ0v) is 5.11. The summed E-state index contributed by atoms with van der Waals surface area (Å²) in [5, 5.41) is 10.6. The maximum Gasteiger partial charge on any atom is 0.177 e. The van der Waals surface area contributed by atoms with E-state index in [4.69, 9.17) is 4.74 Å². The summed E-state index contributed by atoms with van der Waals surface area (Å²) in [5.74, 6) is 0. The molecule has 0 aromatic heterocycles. The molecule has 0 N–H and O–H groups in total. The summed E-state index contributed by atoms with van der Waals surface area (Å²) in [6, 6.07) is 0. The van der Waals surface area contributed by atoms with Crippen molar-refractivity contribution in [2.75, 3.05) is 13.3 Å². The Morgan fingerprint density at radius 1 is 1.89 bits per heavy atom. The first kappa shape index (κ1) is 6.28. The van der Waals surface area contributed by atoms with Crippen molar-refractivity contribution >= 4 is 0 Å². The lowest BCUT2D eigenvalue weighted by Crippen LogP contribution is -2.27. The number of hydrogen-bond donors (Lipinski definition) is 0. The van der Waals surface area contributed by atoms with Gasteiger partial charge in [0.25, 0.3) is 0 Å². The second kappa shape index (κ2) is 2.18. The molecule has 5 nitrogen and oxygen atoms in total. The Balaban J connectivity index is 2.39. The fourth-order valence-corrected chi connectivity index (χ4v) is 0.729. The van der Waals surface area contributed by atoms with E-state index < -0.39 is 5.03 Å². The molecule has 0 saturated carbocycles. The Hall–Kier alpha value is -0.840. The molecule has 0 aromatic carbocycles. The van der Waals surface area contributed by atoms with Gasteiger partial charge in [-0.15, -0.1) is 5.01 Å². The molecule has 1 fully saturated rings. The van der Waals surface area contributed by atoms with Gasteiger partial charge in [0.15, 0.2) is 11.8 Å². The van der Waals surface area contributed by atoms with Crippen LogP contribution in [0.1, 0.15) is 6.92 Å². The second-order valence-electron chi connectivity index (χ2n) is 2.03. The van der Waals surface area contributed by atoms with Crippen molar-refractivity contribution in [2.24, 2.45) is 0 Å². The maximum absolute atomic E-state index is 10.00. The van der Waals surface area contributed by atoms with E-state index in [-0.39, 0.29) is 12.8 Å². The number of rotatable bonds is 1. The Morgan fingerprint density at radius 2 is 2.56 bits per heavy atom. The molecule has 1 saturated heterocycles. The molecule has 1 aliphatic heterocycles. The summed E-state index contributed by atoms with van der Waals surface area (Å²) in [4.78, 5) is 10.00. The van der Waals surface area contributed by atoms with Gasteiger partial charge in [-0.25, -0.2) is 10.1 Å². The normalized spacial score (nSPS) is 26.8. The molecular formula is C4H8N2O3. The molecule has 0 bridgehead atoms. The molecule has 1 heterocycles. The van der Waals surface area contributed by atoms with Gasteiger partial charge in [0.05, 0.1) is 6.10 Å². The van der Waals surface area contributed by atoms with Gasteiger partial charge in [-0.05, 0) is 6.92 Å². The van der Waals surface area contributed by atoms with Gasteiger partial charge >= 0.3 is 0 Å². The quantitative estimate of drug-likeness (QED) is 0.368. The highest BCUT2D eigenvalue weighted by Gasteiger charge is 2.25. The summed E-state index contributed by atoms with van der Waals surface area (Å²) in [7, 11) is 0. The number of hydrazine groups is 1. The molecule has 0 radical (unpaired) electrons. The van der Waals surface area contributed by atoms with Crippen molar-refractivity contribution in [1.82, 2.24) is 5.01 Å². The molecule has 52 valence electrons. The summed E-state index contributed by atoms with van der Waals surface area (Å²) in [6.07, 6.45) is -0.00426. The highest BCUT2D eigenvalue weighted by atomic mass is 16.7. The van der Waals surface area contributed by atoms with Crippen LogP contribution in [0.4, 0.5) is 0 Å². The van der Waals surface area contributed by atoms with Gasteiger partial charge < -0.3 is 4.74 Å². The number of nitrogens with zero attached hydrogens (tertiary/aromatic N) is 2. The molecule has 1 rings (SSSR count). The number of ether oxygens (including phenoxy) is 1. The lowest BCUT2D eigenvalue weighted by Gasteiger charge is -2.00. The first-order valence-electron chi connectivity index (χ1n) is 2.71. The van der Waals surface area contributed by atoms with E-state index in [0.29, 0.717) is 6.54 Å². The zero-order valence-electron chi connectivity index (χ0n) is 5.11. The highest BCUT2D eigenvalue weighted by Crippen LogP contribution is 2.05. The van der Waals surface area contributed by atoms with Crippen LogP contribution in [0.5, 0.6) is 0 Å². The van der Waals surface area contributed by atoms with Gasteiger partial charge in [0, 0.05) is 0 Å². The van der Waals surface area contributed by atoms with Gasteiger partial charge in [0.1, 0.15) is 6.54 Å². The average molecular weight is 132 g/mol. The van der Waals surface area contributed by atoms with Crippen molar-refractivity contribution in [3.63, 3.8) is 0 Å². The van der Waals surface area contributed by atoms with Crippen LogP contribution in [0.25, 0.3) is 0 Å². The van der Waals surface area contributed by atoms with Crippen molar-refractivity contribution in [2.45, 2.75) is 13.0 Å². The van der Waals surface area contributed by atoms with Crippen molar-refractivity contribution < 1.29 is 9.77 Å². The predicted molar refractivity (Wildman–Crippen MR) is 29.1 cm³/mol. The minimum atomic E-state index is -0.441. The molecule has 0 spiro atoms. The first-order valence-corrected chi connectivity index (χ1v) is 2.71. The minimum absolute atomic E-state index is 0.00426. The third-order valence-electron chi connectivity index (χ3n) is 1.21. The maximum atomic E-state index is 10.00. The molecule has 0 amide bonds. The lowest BCUT2D eigenvalue weighted by molar-refractivity contribution is -0.654.